The van der Waals surface area contributed by atoms with Gasteiger partial charge in [0.1, 0.15) is 6.61 Å². The van der Waals surface area contributed by atoms with Gasteiger partial charge in [0.15, 0.2) is 0 Å². The van der Waals surface area contributed by atoms with Crippen LogP contribution in [-0.4, -0.2) is 12.3 Å². The molecule has 0 radical (unpaired) electrons. The minimum atomic E-state index is -0.388. The van der Waals surface area contributed by atoms with E-state index in [-0.39, 0.29) is 6.09 Å². The van der Waals surface area contributed by atoms with Crippen LogP contribution < -0.4 is 5.32 Å². The van der Waals surface area contributed by atoms with Gasteiger partial charge < -0.3 is 10.1 Å². The van der Waals surface area contributed by atoms with E-state index in [0.717, 1.165) is 25.8 Å². The van der Waals surface area contributed by atoms with Crippen LogP contribution in [0, 0.1) is 0 Å². The molecule has 0 aliphatic heterocycles. The molecule has 2 unspecified atom stereocenters. The zero-order valence-corrected chi connectivity index (χ0v) is 14.6. The van der Waals surface area contributed by atoms with Crippen LogP contribution in [0.2, 0.25) is 0 Å². The number of hydrogen-bond acceptors (Lipinski definition) is 2. The SMILES string of the molecule is O=C(NCc1cccc(CCPP)c1)OCc1ccccc1. The van der Waals surface area contributed by atoms with Crippen LogP contribution in [0.3, 0.4) is 0 Å². The lowest BCUT2D eigenvalue weighted by molar-refractivity contribution is 0.139. The van der Waals surface area contributed by atoms with E-state index >= 15 is 0 Å². The Labute approximate surface area is 135 Å². The molecule has 0 aliphatic carbocycles. The molecule has 2 aromatic rings. The van der Waals surface area contributed by atoms with Crippen molar-refractivity contribution in [3.05, 3.63) is 71.3 Å². The van der Waals surface area contributed by atoms with Crippen molar-refractivity contribution in [2.75, 3.05) is 6.16 Å². The average Bonchev–Trinajstić information content (AvgIpc) is 2.57. The Morgan fingerprint density at radius 2 is 1.77 bits per heavy atom. The van der Waals surface area contributed by atoms with Crippen LogP contribution >= 0.6 is 17.2 Å². The fourth-order valence-corrected chi connectivity index (χ4v) is 2.93. The highest BCUT2D eigenvalue weighted by molar-refractivity contribution is 8.02. The summed E-state index contributed by atoms with van der Waals surface area (Å²) in [6.45, 7) is 0.784. The van der Waals surface area contributed by atoms with Crippen LogP contribution in [0.4, 0.5) is 4.79 Å². The van der Waals surface area contributed by atoms with Crippen LogP contribution in [0.15, 0.2) is 54.6 Å². The van der Waals surface area contributed by atoms with Crippen molar-refractivity contribution < 1.29 is 9.53 Å². The van der Waals surface area contributed by atoms with Crippen molar-refractivity contribution in [2.45, 2.75) is 19.6 Å². The third-order valence-corrected chi connectivity index (χ3v) is 4.60. The number of nitrogens with one attached hydrogen (secondary N) is 1. The Bertz CT molecular complexity index is 590. The van der Waals surface area contributed by atoms with Gasteiger partial charge >= 0.3 is 6.09 Å². The van der Waals surface area contributed by atoms with Gasteiger partial charge in [0.2, 0.25) is 0 Å². The van der Waals surface area contributed by atoms with E-state index in [4.69, 9.17) is 4.74 Å². The lowest BCUT2D eigenvalue weighted by Crippen LogP contribution is -2.23. The second-order valence-corrected chi connectivity index (χ2v) is 7.07. The molecule has 0 saturated heterocycles. The molecule has 0 bridgehead atoms. The molecule has 2 atom stereocenters. The van der Waals surface area contributed by atoms with Crippen molar-refractivity contribution in [1.29, 1.82) is 0 Å². The fraction of sp³-hybridized carbons (Fsp3) is 0.235. The Kier molecular flexibility index (Phi) is 7.36. The van der Waals surface area contributed by atoms with Crippen LogP contribution in [-0.2, 0) is 24.3 Å². The first-order chi connectivity index (χ1) is 10.8. The Balaban J connectivity index is 1.76. The van der Waals surface area contributed by atoms with Gasteiger partial charge in [0, 0.05) is 6.54 Å². The van der Waals surface area contributed by atoms with Gasteiger partial charge in [-0.2, -0.15) is 0 Å². The molecule has 2 aromatic carbocycles. The first-order valence-electron chi connectivity index (χ1n) is 7.24. The number of aryl methyl sites for hydroxylation is 1. The number of benzene rings is 2. The topological polar surface area (TPSA) is 38.3 Å². The molecule has 22 heavy (non-hydrogen) atoms. The molecule has 0 aliphatic rings. The summed E-state index contributed by atoms with van der Waals surface area (Å²) in [5.41, 5.74) is 3.39. The Morgan fingerprint density at radius 1 is 1.05 bits per heavy atom. The molecule has 2 rings (SSSR count). The normalized spacial score (nSPS) is 10.8. The van der Waals surface area contributed by atoms with Gasteiger partial charge in [-0.05, 0) is 29.3 Å². The van der Waals surface area contributed by atoms with E-state index in [1.807, 2.05) is 42.5 Å². The number of rotatable bonds is 7. The van der Waals surface area contributed by atoms with Gasteiger partial charge in [-0.3, -0.25) is 0 Å². The summed E-state index contributed by atoms with van der Waals surface area (Å²) in [7, 11) is 3.66. The minimum absolute atomic E-state index is 0.293. The van der Waals surface area contributed by atoms with E-state index in [1.54, 1.807) is 0 Å². The summed E-state index contributed by atoms with van der Waals surface area (Å²) in [5, 5.41) is 2.79. The van der Waals surface area contributed by atoms with Crippen LogP contribution in [0.1, 0.15) is 16.7 Å². The van der Waals surface area contributed by atoms with E-state index in [1.165, 1.54) is 11.7 Å². The molecule has 1 N–H and O–H groups in total. The number of hydrogen-bond donors (Lipinski definition) is 1. The maximum atomic E-state index is 11.7. The third-order valence-electron chi connectivity index (χ3n) is 3.20. The number of carbonyl (C=O) groups is 1. The molecule has 3 nitrogen and oxygen atoms in total. The van der Waals surface area contributed by atoms with Gasteiger partial charge in [0.25, 0.3) is 0 Å². The average molecular weight is 333 g/mol. The first-order valence-corrected chi connectivity index (χ1v) is 10.3. The van der Waals surface area contributed by atoms with Crippen molar-refractivity contribution >= 4 is 23.3 Å². The molecular weight excluding hydrogens is 312 g/mol. The zero-order chi connectivity index (χ0) is 15.6. The van der Waals surface area contributed by atoms with Gasteiger partial charge in [-0.1, -0.05) is 54.6 Å². The van der Waals surface area contributed by atoms with Gasteiger partial charge in [-0.15, -0.1) is 17.2 Å². The Morgan fingerprint density at radius 3 is 2.55 bits per heavy atom. The molecular formula is C17H21NO2P2. The Hall–Kier alpha value is -1.43. The number of alkyl carbamates (subject to hydrolysis) is 1. The van der Waals surface area contributed by atoms with Crippen molar-refractivity contribution in [1.82, 2.24) is 5.32 Å². The summed E-state index contributed by atoms with van der Waals surface area (Å²) >= 11 is 0. The quantitative estimate of drug-likeness (QED) is 0.774. The molecule has 5 heteroatoms. The van der Waals surface area contributed by atoms with Crippen molar-refractivity contribution in [2.24, 2.45) is 0 Å². The second kappa shape index (κ2) is 9.56. The molecule has 1 amide bonds. The monoisotopic (exact) mass is 333 g/mol. The molecule has 0 fully saturated rings. The number of amides is 1. The summed E-state index contributed by atoms with van der Waals surface area (Å²) in [6, 6.07) is 18.0. The van der Waals surface area contributed by atoms with Crippen LogP contribution in [0.25, 0.3) is 0 Å². The third kappa shape index (κ3) is 6.13. The molecule has 0 aromatic heterocycles. The lowest BCUT2D eigenvalue weighted by atomic mass is 10.1. The standard InChI is InChI=1S/C17H21NO2P2/c19-17(20-13-15-5-2-1-3-6-15)18-12-16-8-4-7-14(11-16)9-10-22-21/h1-8,11,22H,9-10,12-13,21H2,(H,18,19). The summed E-state index contributed by atoms with van der Waals surface area (Å²) in [4.78, 5) is 11.7. The minimum Gasteiger partial charge on any atom is -0.445 e. The highest BCUT2D eigenvalue weighted by Crippen LogP contribution is 2.21. The summed E-state index contributed by atoms with van der Waals surface area (Å²) < 4.78 is 5.19. The summed E-state index contributed by atoms with van der Waals surface area (Å²) in [5.74, 6) is 0. The molecule has 0 heterocycles. The maximum absolute atomic E-state index is 11.7. The second-order valence-electron chi connectivity index (χ2n) is 4.94. The predicted molar refractivity (Wildman–Crippen MR) is 96.5 cm³/mol. The highest BCUT2D eigenvalue weighted by atomic mass is 32.0. The predicted octanol–water partition coefficient (Wildman–Crippen LogP) is 4.12. The molecule has 0 saturated carbocycles. The molecule has 0 spiro atoms. The van der Waals surface area contributed by atoms with Crippen LogP contribution in [0.5, 0.6) is 0 Å². The largest absolute Gasteiger partial charge is 0.445 e. The van der Waals surface area contributed by atoms with Gasteiger partial charge in [-0.25, -0.2) is 4.79 Å². The fourth-order valence-electron chi connectivity index (χ4n) is 2.06. The van der Waals surface area contributed by atoms with Crippen molar-refractivity contribution in [3.63, 3.8) is 0 Å². The van der Waals surface area contributed by atoms with E-state index in [2.05, 4.69) is 26.4 Å². The van der Waals surface area contributed by atoms with E-state index in [0.29, 0.717) is 13.2 Å². The van der Waals surface area contributed by atoms with E-state index in [9.17, 15) is 4.79 Å². The van der Waals surface area contributed by atoms with Gasteiger partial charge in [0.05, 0.1) is 0 Å². The highest BCUT2D eigenvalue weighted by Gasteiger charge is 2.03. The maximum Gasteiger partial charge on any atom is 0.407 e. The van der Waals surface area contributed by atoms with E-state index < -0.39 is 0 Å². The smallest absolute Gasteiger partial charge is 0.407 e. The summed E-state index contributed by atoms with van der Waals surface area (Å²) in [6.07, 6.45) is 1.87. The lowest BCUT2D eigenvalue weighted by Gasteiger charge is -2.08. The number of carbonyl (C=O) groups excluding carboxylic acids is 1. The number of ether oxygens (including phenoxy) is 1. The molecule has 116 valence electrons. The van der Waals surface area contributed by atoms with Crippen molar-refractivity contribution in [3.8, 4) is 0 Å². The first kappa shape index (κ1) is 16.9. The zero-order valence-electron chi connectivity index (χ0n) is 12.4.